The summed E-state index contributed by atoms with van der Waals surface area (Å²) < 4.78 is 23.2. The van der Waals surface area contributed by atoms with Gasteiger partial charge in [-0.25, -0.2) is 0 Å². The van der Waals surface area contributed by atoms with Crippen LogP contribution >= 0.6 is 0 Å². The minimum Gasteiger partial charge on any atom is -0.496 e. The molecular formula is C32H35N3O7. The van der Waals surface area contributed by atoms with Gasteiger partial charge in [0.15, 0.2) is 0 Å². The van der Waals surface area contributed by atoms with Crippen LogP contribution in [0.15, 0.2) is 47.5 Å². The van der Waals surface area contributed by atoms with Crippen LogP contribution in [-0.4, -0.2) is 54.9 Å². The number of ether oxygens (including phenoxy) is 4. The first-order valence-corrected chi connectivity index (χ1v) is 14.1. The Labute approximate surface area is 245 Å². The SMILES string of the molecule is COc1cc(Oc2cc(OCCCCOc3cc4c(cc3C)C(=O)N3CCC[C@H]3C=N4)ccc2[N+](=O)[O-])cc(C)c1C. The van der Waals surface area contributed by atoms with Crippen molar-refractivity contribution in [1.82, 2.24) is 4.90 Å². The molecule has 1 saturated heterocycles. The van der Waals surface area contributed by atoms with Gasteiger partial charge in [0.1, 0.15) is 23.0 Å². The number of methoxy groups -OCH3 is 1. The lowest BCUT2D eigenvalue weighted by Gasteiger charge is -2.20. The number of hydrogen-bond acceptors (Lipinski definition) is 8. The third-order valence-electron chi connectivity index (χ3n) is 7.70. The van der Waals surface area contributed by atoms with E-state index in [-0.39, 0.29) is 23.4 Å². The fourth-order valence-corrected chi connectivity index (χ4v) is 5.22. The summed E-state index contributed by atoms with van der Waals surface area (Å²) in [7, 11) is 1.57. The average molecular weight is 574 g/mol. The number of carbonyl (C=O) groups is 1. The predicted octanol–water partition coefficient (Wildman–Crippen LogP) is 6.88. The van der Waals surface area contributed by atoms with Crippen LogP contribution in [0.2, 0.25) is 0 Å². The molecule has 220 valence electrons. The first-order valence-electron chi connectivity index (χ1n) is 14.1. The van der Waals surface area contributed by atoms with E-state index in [1.807, 2.05) is 50.1 Å². The van der Waals surface area contributed by atoms with Crippen molar-refractivity contribution < 1.29 is 28.7 Å². The first-order chi connectivity index (χ1) is 20.2. The molecule has 3 aromatic carbocycles. The number of aliphatic imine (C=N–C) groups is 1. The fraction of sp³-hybridized carbons (Fsp3) is 0.375. The van der Waals surface area contributed by atoms with Crippen molar-refractivity contribution in [1.29, 1.82) is 0 Å². The summed E-state index contributed by atoms with van der Waals surface area (Å²) in [6.45, 7) is 7.44. The van der Waals surface area contributed by atoms with E-state index in [4.69, 9.17) is 18.9 Å². The Morgan fingerprint density at radius 1 is 0.952 bits per heavy atom. The van der Waals surface area contributed by atoms with Gasteiger partial charge in [0.05, 0.1) is 42.5 Å². The van der Waals surface area contributed by atoms with Gasteiger partial charge < -0.3 is 23.8 Å². The minimum atomic E-state index is -0.482. The highest BCUT2D eigenvalue weighted by molar-refractivity contribution is 6.03. The molecule has 5 rings (SSSR count). The number of unbranched alkanes of at least 4 members (excludes halogenated alkanes) is 1. The lowest BCUT2D eigenvalue weighted by Crippen LogP contribution is -2.35. The van der Waals surface area contributed by atoms with E-state index < -0.39 is 4.92 Å². The van der Waals surface area contributed by atoms with Crippen LogP contribution in [0.4, 0.5) is 11.4 Å². The van der Waals surface area contributed by atoms with Crippen molar-refractivity contribution in [2.75, 3.05) is 26.9 Å². The highest BCUT2D eigenvalue weighted by Gasteiger charge is 2.32. The summed E-state index contributed by atoms with van der Waals surface area (Å²) in [5.41, 5.74) is 3.93. The van der Waals surface area contributed by atoms with Gasteiger partial charge in [-0.05, 0) is 81.3 Å². The number of amides is 1. The molecular weight excluding hydrogens is 538 g/mol. The van der Waals surface area contributed by atoms with Gasteiger partial charge in [-0.1, -0.05) is 0 Å². The Hall–Kier alpha value is -4.60. The normalized spacial score (nSPS) is 15.6. The minimum absolute atomic E-state index is 0.0327. The Bertz CT molecular complexity index is 1530. The molecule has 10 nitrogen and oxygen atoms in total. The molecule has 42 heavy (non-hydrogen) atoms. The topological polar surface area (TPSA) is 113 Å². The zero-order valence-electron chi connectivity index (χ0n) is 24.3. The van der Waals surface area contributed by atoms with Gasteiger partial charge >= 0.3 is 5.69 Å². The maximum Gasteiger partial charge on any atom is 0.311 e. The highest BCUT2D eigenvalue weighted by Crippen LogP contribution is 2.38. The van der Waals surface area contributed by atoms with Crippen LogP contribution in [0.1, 0.15) is 52.7 Å². The second-order valence-electron chi connectivity index (χ2n) is 10.6. The van der Waals surface area contributed by atoms with Gasteiger partial charge in [0.2, 0.25) is 5.75 Å². The average Bonchev–Trinajstić information content (AvgIpc) is 3.40. The summed E-state index contributed by atoms with van der Waals surface area (Å²) >= 11 is 0. The zero-order chi connectivity index (χ0) is 29.8. The first kappa shape index (κ1) is 28.9. The summed E-state index contributed by atoms with van der Waals surface area (Å²) in [5.74, 6) is 2.39. The van der Waals surface area contributed by atoms with E-state index in [1.165, 1.54) is 12.1 Å². The Morgan fingerprint density at radius 2 is 1.71 bits per heavy atom. The molecule has 0 N–H and O–H groups in total. The Morgan fingerprint density at radius 3 is 2.48 bits per heavy atom. The van der Waals surface area contributed by atoms with E-state index in [0.29, 0.717) is 53.9 Å². The lowest BCUT2D eigenvalue weighted by molar-refractivity contribution is -0.385. The number of hydrogen-bond donors (Lipinski definition) is 0. The van der Waals surface area contributed by atoms with E-state index >= 15 is 0 Å². The molecule has 1 amide bonds. The largest absolute Gasteiger partial charge is 0.496 e. The molecule has 0 saturated carbocycles. The molecule has 2 aliphatic rings. The Balaban J connectivity index is 1.16. The predicted molar refractivity (Wildman–Crippen MR) is 159 cm³/mol. The van der Waals surface area contributed by atoms with Gasteiger partial charge in [-0.15, -0.1) is 0 Å². The molecule has 2 aliphatic heterocycles. The van der Waals surface area contributed by atoms with Crippen LogP contribution in [-0.2, 0) is 0 Å². The number of nitrogens with zero attached hydrogens (tertiary/aromatic N) is 3. The quantitative estimate of drug-likeness (QED) is 0.140. The molecule has 0 aliphatic carbocycles. The van der Waals surface area contributed by atoms with Crippen molar-refractivity contribution in [3.8, 4) is 28.7 Å². The van der Waals surface area contributed by atoms with Crippen LogP contribution in [0, 0.1) is 30.9 Å². The van der Waals surface area contributed by atoms with Crippen LogP contribution in [0.25, 0.3) is 0 Å². The van der Waals surface area contributed by atoms with Crippen molar-refractivity contribution in [3.05, 3.63) is 74.8 Å². The number of fused-ring (bicyclic) bond motifs is 2. The number of nitro groups is 1. The molecule has 0 spiro atoms. The summed E-state index contributed by atoms with van der Waals surface area (Å²) in [5, 5.41) is 11.6. The third kappa shape index (κ3) is 6.17. The molecule has 1 atom stereocenters. The maximum absolute atomic E-state index is 13.0. The van der Waals surface area contributed by atoms with Crippen molar-refractivity contribution >= 4 is 23.5 Å². The van der Waals surface area contributed by atoms with Crippen molar-refractivity contribution in [2.24, 2.45) is 4.99 Å². The summed E-state index contributed by atoms with van der Waals surface area (Å²) in [6.07, 6.45) is 5.26. The molecule has 0 radical (unpaired) electrons. The summed E-state index contributed by atoms with van der Waals surface area (Å²) in [6, 6.07) is 11.8. The monoisotopic (exact) mass is 573 g/mol. The molecule has 10 heteroatoms. The molecule has 2 heterocycles. The van der Waals surface area contributed by atoms with E-state index in [9.17, 15) is 14.9 Å². The number of carbonyl (C=O) groups excluding carboxylic acids is 1. The van der Waals surface area contributed by atoms with Gasteiger partial charge in [-0.2, -0.15) is 0 Å². The molecule has 3 aromatic rings. The van der Waals surface area contributed by atoms with Crippen LogP contribution < -0.4 is 18.9 Å². The lowest BCUT2D eigenvalue weighted by atomic mass is 10.1. The van der Waals surface area contributed by atoms with E-state index in [2.05, 4.69) is 4.99 Å². The third-order valence-corrected chi connectivity index (χ3v) is 7.70. The van der Waals surface area contributed by atoms with Gasteiger partial charge in [-0.3, -0.25) is 19.9 Å². The second-order valence-corrected chi connectivity index (χ2v) is 10.6. The highest BCUT2D eigenvalue weighted by atomic mass is 16.6. The van der Waals surface area contributed by atoms with Crippen LogP contribution in [0.5, 0.6) is 28.7 Å². The molecule has 0 unspecified atom stereocenters. The number of nitro benzene ring substituents is 1. The van der Waals surface area contributed by atoms with E-state index in [1.54, 1.807) is 19.2 Å². The molecule has 0 bridgehead atoms. The number of benzene rings is 3. The van der Waals surface area contributed by atoms with Gasteiger partial charge in [0, 0.05) is 37.0 Å². The molecule has 1 fully saturated rings. The number of rotatable bonds is 11. The van der Waals surface area contributed by atoms with Crippen molar-refractivity contribution in [2.45, 2.75) is 52.5 Å². The number of aryl methyl sites for hydroxylation is 2. The standard InChI is InChI=1S/C32H35N3O7/c1-20-14-25(17-30(39-4)22(20)3)42-31-16-24(9-10-28(31)35(37)38)40-12-5-6-13-41-29-18-27-26(15-21(29)2)32(36)34-11-7-8-23(34)19-33-27/h9-10,14-19,23H,5-8,11-13H2,1-4H3/t23-/m0/s1. The van der Waals surface area contributed by atoms with Gasteiger partial charge in [0.25, 0.3) is 5.91 Å². The van der Waals surface area contributed by atoms with Crippen LogP contribution in [0.3, 0.4) is 0 Å². The van der Waals surface area contributed by atoms with Crippen molar-refractivity contribution in [3.63, 3.8) is 0 Å². The van der Waals surface area contributed by atoms with E-state index in [0.717, 1.165) is 42.5 Å². The second kappa shape index (κ2) is 12.5. The molecule has 0 aromatic heterocycles. The summed E-state index contributed by atoms with van der Waals surface area (Å²) in [4.78, 5) is 30.6. The maximum atomic E-state index is 13.0. The Kier molecular flexibility index (Phi) is 8.61. The fourth-order valence-electron chi connectivity index (χ4n) is 5.22. The zero-order valence-corrected chi connectivity index (χ0v) is 24.3. The smallest absolute Gasteiger partial charge is 0.311 e.